The molecule has 0 bridgehead atoms. The lowest BCUT2D eigenvalue weighted by Gasteiger charge is -2.24. The predicted molar refractivity (Wildman–Crippen MR) is 106 cm³/mol. The fourth-order valence-corrected chi connectivity index (χ4v) is 2.71. The first-order valence-electron chi connectivity index (χ1n) is 9.07. The SMILES string of the molecule is COC(C)(OC)C(=O)CCCCC(=O)Nc1ccc(-c2ccccc2)cc1. The van der Waals surface area contributed by atoms with Crippen LogP contribution in [0.5, 0.6) is 0 Å². The van der Waals surface area contributed by atoms with Crippen LogP contribution in [0.25, 0.3) is 11.1 Å². The summed E-state index contributed by atoms with van der Waals surface area (Å²) in [5.74, 6) is -1.39. The van der Waals surface area contributed by atoms with Crippen molar-refractivity contribution < 1.29 is 19.1 Å². The molecule has 2 rings (SSSR count). The maximum absolute atomic E-state index is 12.1. The molecule has 1 amide bonds. The van der Waals surface area contributed by atoms with Crippen LogP contribution in [0.2, 0.25) is 0 Å². The highest BCUT2D eigenvalue weighted by atomic mass is 16.7. The van der Waals surface area contributed by atoms with Gasteiger partial charge in [-0.3, -0.25) is 9.59 Å². The molecule has 0 aliphatic heterocycles. The van der Waals surface area contributed by atoms with Gasteiger partial charge in [-0.25, -0.2) is 0 Å². The molecule has 1 N–H and O–H groups in total. The summed E-state index contributed by atoms with van der Waals surface area (Å²) in [7, 11) is 2.88. The van der Waals surface area contributed by atoms with Crippen molar-refractivity contribution >= 4 is 17.4 Å². The highest BCUT2D eigenvalue weighted by Crippen LogP contribution is 2.21. The van der Waals surface area contributed by atoms with Crippen LogP contribution in [0.15, 0.2) is 54.6 Å². The summed E-state index contributed by atoms with van der Waals surface area (Å²) in [5, 5.41) is 2.89. The largest absolute Gasteiger partial charge is 0.347 e. The van der Waals surface area contributed by atoms with Crippen LogP contribution < -0.4 is 5.32 Å². The molecule has 0 saturated carbocycles. The number of rotatable bonds is 10. The van der Waals surface area contributed by atoms with Crippen molar-refractivity contribution in [2.24, 2.45) is 0 Å². The molecule has 0 atom stereocenters. The summed E-state index contributed by atoms with van der Waals surface area (Å²) in [6, 6.07) is 17.8. The fraction of sp³-hybridized carbons (Fsp3) is 0.364. The maximum Gasteiger partial charge on any atom is 0.225 e. The minimum atomic E-state index is -1.21. The Hall–Kier alpha value is -2.50. The molecule has 0 unspecified atom stereocenters. The summed E-state index contributed by atoms with van der Waals surface area (Å²) in [4.78, 5) is 24.1. The molecule has 0 saturated heterocycles. The third kappa shape index (κ3) is 6.01. The highest BCUT2D eigenvalue weighted by Gasteiger charge is 2.31. The van der Waals surface area contributed by atoms with E-state index in [9.17, 15) is 9.59 Å². The van der Waals surface area contributed by atoms with Gasteiger partial charge in [0.25, 0.3) is 0 Å². The normalized spacial score (nSPS) is 11.2. The number of anilines is 1. The zero-order valence-electron chi connectivity index (χ0n) is 16.2. The number of carbonyl (C=O) groups excluding carboxylic acids is 2. The molecule has 27 heavy (non-hydrogen) atoms. The van der Waals surface area contributed by atoms with Gasteiger partial charge in [0, 0.05) is 32.7 Å². The average Bonchev–Trinajstić information content (AvgIpc) is 2.71. The summed E-state index contributed by atoms with van der Waals surface area (Å²) < 4.78 is 10.2. The average molecular weight is 369 g/mol. The van der Waals surface area contributed by atoms with Gasteiger partial charge < -0.3 is 14.8 Å². The van der Waals surface area contributed by atoms with E-state index in [0.29, 0.717) is 25.7 Å². The van der Waals surface area contributed by atoms with E-state index in [-0.39, 0.29) is 11.7 Å². The van der Waals surface area contributed by atoms with E-state index < -0.39 is 5.79 Å². The lowest BCUT2D eigenvalue weighted by molar-refractivity contribution is -0.199. The Morgan fingerprint density at radius 2 is 1.41 bits per heavy atom. The van der Waals surface area contributed by atoms with Gasteiger partial charge in [-0.15, -0.1) is 0 Å². The van der Waals surface area contributed by atoms with Crippen LogP contribution >= 0.6 is 0 Å². The molecule has 0 fully saturated rings. The molecule has 0 radical (unpaired) electrons. The Kier molecular flexibility index (Phi) is 7.70. The molecule has 2 aromatic rings. The number of nitrogens with one attached hydrogen (secondary N) is 1. The molecule has 0 heterocycles. The number of hydrogen-bond acceptors (Lipinski definition) is 4. The van der Waals surface area contributed by atoms with Crippen molar-refractivity contribution in [1.29, 1.82) is 0 Å². The van der Waals surface area contributed by atoms with Gasteiger partial charge in [-0.1, -0.05) is 42.5 Å². The van der Waals surface area contributed by atoms with E-state index in [4.69, 9.17) is 9.47 Å². The second kappa shape index (κ2) is 10.00. The smallest absolute Gasteiger partial charge is 0.225 e. The molecular weight excluding hydrogens is 342 g/mol. The Labute approximate surface area is 160 Å². The van der Waals surface area contributed by atoms with Crippen LogP contribution in [0.1, 0.15) is 32.6 Å². The lowest BCUT2D eigenvalue weighted by atomic mass is 10.0. The first-order chi connectivity index (χ1) is 13.0. The quantitative estimate of drug-likeness (QED) is 0.497. The number of unbranched alkanes of at least 4 members (excludes halogenated alkanes) is 1. The Bertz CT molecular complexity index is 737. The van der Waals surface area contributed by atoms with E-state index in [1.807, 2.05) is 54.6 Å². The lowest BCUT2D eigenvalue weighted by Crippen LogP contribution is -2.39. The zero-order valence-corrected chi connectivity index (χ0v) is 16.2. The minimum Gasteiger partial charge on any atom is -0.347 e. The topological polar surface area (TPSA) is 64.6 Å². The van der Waals surface area contributed by atoms with Crippen LogP contribution in [0.3, 0.4) is 0 Å². The second-order valence-corrected chi connectivity index (χ2v) is 6.48. The van der Waals surface area contributed by atoms with E-state index >= 15 is 0 Å². The van der Waals surface area contributed by atoms with E-state index in [2.05, 4.69) is 5.32 Å². The maximum atomic E-state index is 12.1. The molecule has 144 valence electrons. The van der Waals surface area contributed by atoms with Gasteiger partial charge in [-0.2, -0.15) is 0 Å². The Balaban J connectivity index is 1.75. The summed E-state index contributed by atoms with van der Waals surface area (Å²) in [5.41, 5.74) is 3.01. The summed E-state index contributed by atoms with van der Waals surface area (Å²) in [6.07, 6.45) is 1.92. The van der Waals surface area contributed by atoms with Gasteiger partial charge in [-0.05, 0) is 43.0 Å². The van der Waals surface area contributed by atoms with Crippen molar-refractivity contribution in [3.63, 3.8) is 0 Å². The Morgan fingerprint density at radius 3 is 2.00 bits per heavy atom. The summed E-state index contributed by atoms with van der Waals surface area (Å²) >= 11 is 0. The first kappa shape index (κ1) is 20.8. The zero-order chi connectivity index (χ0) is 19.7. The van der Waals surface area contributed by atoms with Crippen molar-refractivity contribution in [2.45, 2.75) is 38.4 Å². The van der Waals surface area contributed by atoms with Crippen LogP contribution in [0.4, 0.5) is 5.69 Å². The number of amides is 1. The van der Waals surface area contributed by atoms with Crippen molar-refractivity contribution in [2.75, 3.05) is 19.5 Å². The van der Waals surface area contributed by atoms with Gasteiger partial charge in [0.2, 0.25) is 11.7 Å². The number of hydrogen-bond donors (Lipinski definition) is 1. The standard InChI is InChI=1S/C22H27NO4/c1-22(26-2,27-3)20(24)11-7-8-12-21(25)23-19-15-13-18(14-16-19)17-9-5-4-6-10-17/h4-6,9-10,13-16H,7-8,11-12H2,1-3H3,(H,23,25). The fourth-order valence-electron chi connectivity index (χ4n) is 2.71. The number of benzene rings is 2. The molecular formula is C22H27NO4. The van der Waals surface area contributed by atoms with E-state index in [1.165, 1.54) is 14.2 Å². The minimum absolute atomic E-state index is 0.0591. The van der Waals surface area contributed by atoms with E-state index in [1.54, 1.807) is 6.92 Å². The third-order valence-electron chi connectivity index (χ3n) is 4.62. The molecule has 0 aromatic heterocycles. The number of ether oxygens (including phenoxy) is 2. The van der Waals surface area contributed by atoms with Gasteiger partial charge in [0.15, 0.2) is 5.78 Å². The van der Waals surface area contributed by atoms with E-state index in [0.717, 1.165) is 16.8 Å². The third-order valence-corrected chi connectivity index (χ3v) is 4.62. The van der Waals surface area contributed by atoms with Gasteiger partial charge >= 0.3 is 0 Å². The predicted octanol–water partition coefficient (Wildman–Crippen LogP) is 4.43. The number of Topliss-reactive ketones (excluding diaryl/α,β-unsaturated/α-hetero) is 1. The van der Waals surface area contributed by atoms with Crippen molar-refractivity contribution in [3.8, 4) is 11.1 Å². The summed E-state index contributed by atoms with van der Waals surface area (Å²) in [6.45, 7) is 1.60. The van der Waals surface area contributed by atoms with Gasteiger partial charge in [0.05, 0.1) is 0 Å². The van der Waals surface area contributed by atoms with Crippen molar-refractivity contribution in [1.82, 2.24) is 0 Å². The number of methoxy groups -OCH3 is 2. The molecule has 2 aromatic carbocycles. The van der Waals surface area contributed by atoms with Gasteiger partial charge in [0.1, 0.15) is 0 Å². The molecule has 0 aliphatic rings. The monoisotopic (exact) mass is 369 g/mol. The molecule has 5 heteroatoms. The highest BCUT2D eigenvalue weighted by molar-refractivity contribution is 5.91. The van der Waals surface area contributed by atoms with Crippen LogP contribution in [-0.4, -0.2) is 31.7 Å². The van der Waals surface area contributed by atoms with Crippen molar-refractivity contribution in [3.05, 3.63) is 54.6 Å². The Morgan fingerprint density at radius 1 is 0.852 bits per heavy atom. The second-order valence-electron chi connectivity index (χ2n) is 6.48. The van der Waals surface area contributed by atoms with Crippen LogP contribution in [-0.2, 0) is 19.1 Å². The van der Waals surface area contributed by atoms with Crippen LogP contribution in [0, 0.1) is 0 Å². The number of ketones is 1. The number of carbonyl (C=O) groups is 2. The molecule has 0 aliphatic carbocycles. The molecule has 5 nitrogen and oxygen atoms in total. The molecule has 0 spiro atoms. The first-order valence-corrected chi connectivity index (χ1v) is 9.07.